The van der Waals surface area contributed by atoms with Gasteiger partial charge in [-0.1, -0.05) is 44.2 Å². The van der Waals surface area contributed by atoms with Crippen LogP contribution in [0.3, 0.4) is 0 Å². The van der Waals surface area contributed by atoms with E-state index in [0.29, 0.717) is 24.1 Å². The SMILES string of the molecule is C=CNc1c(N)nc(OCCCC)nc1CCc1ccc(CN(C)C)cc1. The van der Waals surface area contributed by atoms with Crippen molar-refractivity contribution < 1.29 is 4.74 Å². The predicted molar refractivity (Wildman–Crippen MR) is 112 cm³/mol. The summed E-state index contributed by atoms with van der Waals surface area (Å²) < 4.78 is 5.65. The average molecular weight is 370 g/mol. The van der Waals surface area contributed by atoms with E-state index in [1.165, 1.54) is 11.1 Å². The summed E-state index contributed by atoms with van der Waals surface area (Å²) in [5.74, 6) is 0.382. The van der Waals surface area contributed by atoms with Gasteiger partial charge in [0.2, 0.25) is 0 Å². The van der Waals surface area contributed by atoms with Crippen molar-refractivity contribution in [1.82, 2.24) is 14.9 Å². The number of unbranched alkanes of at least 4 members (excludes halogenated alkanes) is 1. The van der Waals surface area contributed by atoms with Crippen LogP contribution in [0.25, 0.3) is 0 Å². The molecule has 6 nitrogen and oxygen atoms in total. The van der Waals surface area contributed by atoms with Crippen molar-refractivity contribution in [3.05, 3.63) is 53.9 Å². The summed E-state index contributed by atoms with van der Waals surface area (Å²) in [6.07, 6.45) is 5.21. The molecule has 0 spiro atoms. The summed E-state index contributed by atoms with van der Waals surface area (Å²) in [7, 11) is 4.14. The van der Waals surface area contributed by atoms with Gasteiger partial charge < -0.3 is 20.7 Å². The van der Waals surface area contributed by atoms with Gasteiger partial charge in [0, 0.05) is 6.54 Å². The highest BCUT2D eigenvalue weighted by molar-refractivity contribution is 5.66. The molecule has 1 aromatic carbocycles. The van der Waals surface area contributed by atoms with Crippen LogP contribution in [-0.4, -0.2) is 35.6 Å². The van der Waals surface area contributed by atoms with Crippen LogP contribution in [-0.2, 0) is 19.4 Å². The van der Waals surface area contributed by atoms with Gasteiger partial charge in [-0.15, -0.1) is 0 Å². The van der Waals surface area contributed by atoms with Crippen LogP contribution in [0.15, 0.2) is 37.0 Å². The lowest BCUT2D eigenvalue weighted by Crippen LogP contribution is -2.11. The molecular formula is C21H31N5O. The molecule has 0 saturated heterocycles. The van der Waals surface area contributed by atoms with E-state index in [1.54, 1.807) is 6.20 Å². The minimum absolute atomic E-state index is 0.340. The van der Waals surface area contributed by atoms with E-state index >= 15 is 0 Å². The Balaban J connectivity index is 2.11. The molecule has 0 bridgehead atoms. The van der Waals surface area contributed by atoms with Crippen LogP contribution in [0, 0.1) is 0 Å². The third kappa shape index (κ3) is 6.57. The number of aromatic nitrogens is 2. The first-order chi connectivity index (χ1) is 13.0. The number of nitrogen functional groups attached to an aromatic ring is 1. The Morgan fingerprint density at radius 1 is 1.15 bits per heavy atom. The normalized spacial score (nSPS) is 10.8. The molecule has 0 unspecified atom stereocenters. The summed E-state index contributed by atoms with van der Waals surface area (Å²) in [6.45, 7) is 7.36. The van der Waals surface area contributed by atoms with Crippen LogP contribution in [0.4, 0.5) is 11.5 Å². The van der Waals surface area contributed by atoms with E-state index in [-0.39, 0.29) is 0 Å². The van der Waals surface area contributed by atoms with Crippen molar-refractivity contribution in [1.29, 1.82) is 0 Å². The van der Waals surface area contributed by atoms with Crippen molar-refractivity contribution in [2.75, 3.05) is 31.8 Å². The molecule has 146 valence electrons. The third-order valence-corrected chi connectivity index (χ3v) is 4.14. The zero-order chi connectivity index (χ0) is 19.6. The molecule has 0 fully saturated rings. The summed E-state index contributed by atoms with van der Waals surface area (Å²) in [5.41, 5.74) is 10.2. The van der Waals surface area contributed by atoms with Crippen molar-refractivity contribution >= 4 is 11.5 Å². The second kappa shape index (κ2) is 10.5. The Morgan fingerprint density at radius 2 is 1.85 bits per heavy atom. The number of rotatable bonds is 11. The summed E-state index contributed by atoms with van der Waals surface area (Å²) >= 11 is 0. The maximum Gasteiger partial charge on any atom is 0.318 e. The van der Waals surface area contributed by atoms with Gasteiger partial charge in [0.05, 0.1) is 12.3 Å². The molecule has 0 aliphatic heterocycles. The number of hydrogen-bond donors (Lipinski definition) is 2. The number of nitrogens with one attached hydrogen (secondary N) is 1. The monoisotopic (exact) mass is 369 g/mol. The first-order valence-electron chi connectivity index (χ1n) is 9.42. The van der Waals surface area contributed by atoms with Gasteiger partial charge in [0.15, 0.2) is 5.82 Å². The van der Waals surface area contributed by atoms with Gasteiger partial charge in [-0.3, -0.25) is 0 Å². The molecule has 0 aliphatic rings. The first kappa shape index (κ1) is 20.7. The maximum atomic E-state index is 6.10. The second-order valence-electron chi connectivity index (χ2n) is 6.82. The Labute approximate surface area is 162 Å². The Morgan fingerprint density at radius 3 is 2.48 bits per heavy atom. The van der Waals surface area contributed by atoms with Crippen LogP contribution < -0.4 is 15.8 Å². The van der Waals surface area contributed by atoms with Crippen LogP contribution >= 0.6 is 0 Å². The fourth-order valence-corrected chi connectivity index (χ4v) is 2.75. The topological polar surface area (TPSA) is 76.3 Å². The van der Waals surface area contributed by atoms with E-state index in [1.807, 2.05) is 0 Å². The van der Waals surface area contributed by atoms with Crippen LogP contribution in [0.5, 0.6) is 6.01 Å². The lowest BCUT2D eigenvalue weighted by atomic mass is 10.0. The van der Waals surface area contributed by atoms with Crippen molar-refractivity contribution in [3.8, 4) is 6.01 Å². The first-order valence-corrected chi connectivity index (χ1v) is 9.42. The predicted octanol–water partition coefficient (Wildman–Crippen LogP) is 3.64. The molecule has 0 saturated carbocycles. The zero-order valence-corrected chi connectivity index (χ0v) is 16.7. The molecule has 0 radical (unpaired) electrons. The quantitative estimate of drug-likeness (QED) is 0.589. The lowest BCUT2D eigenvalue weighted by Gasteiger charge is -2.13. The van der Waals surface area contributed by atoms with E-state index in [4.69, 9.17) is 10.5 Å². The molecule has 27 heavy (non-hydrogen) atoms. The number of benzene rings is 1. The standard InChI is InChI=1S/C21H31N5O/c1-5-7-14-27-21-24-18(19(23-6-2)20(22)25-21)13-12-16-8-10-17(11-9-16)15-26(3)4/h6,8-11,23H,2,5,7,12-15H2,1,3-4H3,(H2,22,24,25). The number of ether oxygens (including phenoxy) is 1. The van der Waals surface area contributed by atoms with Gasteiger partial charge in [0.1, 0.15) is 5.69 Å². The molecule has 1 heterocycles. The Hall–Kier alpha value is -2.60. The highest BCUT2D eigenvalue weighted by Gasteiger charge is 2.13. The van der Waals surface area contributed by atoms with Gasteiger partial charge >= 0.3 is 6.01 Å². The van der Waals surface area contributed by atoms with E-state index < -0.39 is 0 Å². The summed E-state index contributed by atoms with van der Waals surface area (Å²) in [5, 5.41) is 3.06. The molecule has 0 amide bonds. The summed E-state index contributed by atoms with van der Waals surface area (Å²) in [6, 6.07) is 9.02. The number of anilines is 2. The third-order valence-electron chi connectivity index (χ3n) is 4.14. The van der Waals surface area contributed by atoms with E-state index in [2.05, 4.69) is 72.0 Å². The minimum atomic E-state index is 0.340. The highest BCUT2D eigenvalue weighted by atomic mass is 16.5. The molecular weight excluding hydrogens is 338 g/mol. The molecule has 0 aliphatic carbocycles. The lowest BCUT2D eigenvalue weighted by molar-refractivity contribution is 0.285. The number of hydrogen-bond acceptors (Lipinski definition) is 6. The molecule has 0 atom stereocenters. The molecule has 1 aromatic heterocycles. The number of nitrogens with zero attached hydrogens (tertiary/aromatic N) is 3. The second-order valence-corrected chi connectivity index (χ2v) is 6.82. The van der Waals surface area contributed by atoms with Crippen molar-refractivity contribution in [3.63, 3.8) is 0 Å². The Kier molecular flexibility index (Phi) is 8.07. The molecule has 3 N–H and O–H groups in total. The van der Waals surface area contributed by atoms with Crippen LogP contribution in [0.2, 0.25) is 0 Å². The van der Waals surface area contributed by atoms with Gasteiger partial charge in [-0.2, -0.15) is 9.97 Å². The van der Waals surface area contributed by atoms with Gasteiger partial charge in [-0.05, 0) is 50.7 Å². The van der Waals surface area contributed by atoms with Crippen molar-refractivity contribution in [2.45, 2.75) is 39.2 Å². The smallest absolute Gasteiger partial charge is 0.318 e. The molecule has 2 aromatic rings. The van der Waals surface area contributed by atoms with Crippen molar-refractivity contribution in [2.24, 2.45) is 0 Å². The van der Waals surface area contributed by atoms with Crippen LogP contribution in [0.1, 0.15) is 36.6 Å². The summed E-state index contributed by atoms with van der Waals surface area (Å²) in [4.78, 5) is 11.0. The fraction of sp³-hybridized carbons (Fsp3) is 0.429. The molecule has 6 heteroatoms. The number of aryl methyl sites for hydroxylation is 2. The minimum Gasteiger partial charge on any atom is -0.463 e. The number of nitrogens with two attached hydrogens (primary N) is 1. The zero-order valence-electron chi connectivity index (χ0n) is 16.7. The fourth-order valence-electron chi connectivity index (χ4n) is 2.75. The Bertz CT molecular complexity index is 728. The van der Waals surface area contributed by atoms with Gasteiger partial charge in [-0.25, -0.2) is 0 Å². The highest BCUT2D eigenvalue weighted by Crippen LogP contribution is 2.25. The maximum absolute atomic E-state index is 6.10. The van der Waals surface area contributed by atoms with Gasteiger partial charge in [0.25, 0.3) is 0 Å². The van der Waals surface area contributed by atoms with E-state index in [0.717, 1.165) is 37.9 Å². The molecule has 2 rings (SSSR count). The average Bonchev–Trinajstić information content (AvgIpc) is 2.63. The van der Waals surface area contributed by atoms with E-state index in [9.17, 15) is 0 Å². The largest absolute Gasteiger partial charge is 0.463 e.